The Morgan fingerprint density at radius 2 is 0.958 bits per heavy atom. The van der Waals surface area contributed by atoms with E-state index in [4.69, 9.17) is 4.84 Å². The lowest BCUT2D eigenvalue weighted by Gasteiger charge is -2.39. The zero-order valence-corrected chi connectivity index (χ0v) is 13.5. The summed E-state index contributed by atoms with van der Waals surface area (Å²) in [6, 6.07) is 29.3. The average Bonchev–Trinajstić information content (AvgIpc) is 2.63. The largest absolute Gasteiger partial charge is 0.598 e. The molecule has 0 saturated carbocycles. The first-order chi connectivity index (χ1) is 11.7. The number of benzene rings is 3. The molecule has 3 heteroatoms. The van der Waals surface area contributed by atoms with Crippen LogP contribution >= 0.6 is 0 Å². The molecule has 0 aliphatic carbocycles. The van der Waals surface area contributed by atoms with Gasteiger partial charge in [0.25, 0.3) is 0 Å². The maximum atomic E-state index is 13.3. The molecule has 0 fully saturated rings. The molecule has 0 amide bonds. The van der Waals surface area contributed by atoms with Crippen molar-refractivity contribution in [3.63, 3.8) is 0 Å². The van der Waals surface area contributed by atoms with E-state index in [1.54, 1.807) is 0 Å². The van der Waals surface area contributed by atoms with Gasteiger partial charge in [-0.15, -0.1) is 0 Å². The van der Waals surface area contributed by atoms with Crippen LogP contribution in [0.2, 0.25) is 0 Å². The quantitative estimate of drug-likeness (QED) is 0.461. The van der Waals surface area contributed by atoms with Crippen molar-refractivity contribution >= 4 is 0 Å². The Morgan fingerprint density at radius 3 is 1.38 bits per heavy atom. The van der Waals surface area contributed by atoms with Gasteiger partial charge in [0.2, 0.25) is 0 Å². The third kappa shape index (κ3) is 4.77. The van der Waals surface area contributed by atoms with E-state index in [0.29, 0.717) is 6.61 Å². The summed E-state index contributed by atoms with van der Waals surface area (Å²) in [6.07, 6.45) is 0. The topological polar surface area (TPSA) is 32.3 Å². The molecule has 122 valence electrons. The fourth-order valence-electron chi connectivity index (χ4n) is 2.64. The van der Waals surface area contributed by atoms with Crippen LogP contribution in [0.3, 0.4) is 0 Å². The monoisotopic (exact) mass is 319 g/mol. The summed E-state index contributed by atoms with van der Waals surface area (Å²) in [5, 5.41) is 13.3. The minimum atomic E-state index is -0.733. The molecule has 3 rings (SSSR count). The van der Waals surface area contributed by atoms with Crippen LogP contribution in [-0.4, -0.2) is 4.81 Å². The standard InChI is InChI=1S/C21H21NO2/c23-22(16-19-10-4-1-5-11-19,17-20-12-6-2-7-13-20)24-18-21-14-8-3-9-15-21/h1-15H,16-18H2. The second kappa shape index (κ2) is 7.88. The molecule has 3 aromatic rings. The first-order valence-electron chi connectivity index (χ1n) is 8.08. The molecule has 3 aromatic carbocycles. The second-order valence-electron chi connectivity index (χ2n) is 5.86. The summed E-state index contributed by atoms with van der Waals surface area (Å²) < 4.78 is 0. The molecule has 0 atom stereocenters. The molecular formula is C21H21NO2. The van der Waals surface area contributed by atoms with Gasteiger partial charge in [0.05, 0.1) is 0 Å². The van der Waals surface area contributed by atoms with Gasteiger partial charge in [-0.3, -0.25) is 0 Å². The van der Waals surface area contributed by atoms with E-state index >= 15 is 0 Å². The van der Waals surface area contributed by atoms with Crippen LogP contribution in [0, 0.1) is 5.21 Å². The molecule has 0 aromatic heterocycles. The number of hydrogen-bond acceptors (Lipinski definition) is 2. The Morgan fingerprint density at radius 1 is 0.583 bits per heavy atom. The van der Waals surface area contributed by atoms with Crippen LogP contribution in [-0.2, 0) is 24.5 Å². The lowest BCUT2D eigenvalue weighted by molar-refractivity contribution is -1.09. The number of hydrogen-bond donors (Lipinski definition) is 0. The Kier molecular flexibility index (Phi) is 5.39. The third-order valence-electron chi connectivity index (χ3n) is 3.84. The molecule has 0 aliphatic heterocycles. The van der Waals surface area contributed by atoms with E-state index < -0.39 is 4.81 Å². The van der Waals surface area contributed by atoms with Crippen LogP contribution in [0.15, 0.2) is 91.0 Å². The van der Waals surface area contributed by atoms with E-state index in [1.165, 1.54) is 0 Å². The van der Waals surface area contributed by atoms with Crippen molar-refractivity contribution in [2.24, 2.45) is 0 Å². The number of nitrogens with zero attached hydrogens (tertiary/aromatic N) is 1. The molecule has 0 spiro atoms. The van der Waals surface area contributed by atoms with E-state index in [1.807, 2.05) is 91.0 Å². The van der Waals surface area contributed by atoms with E-state index in [2.05, 4.69) is 0 Å². The van der Waals surface area contributed by atoms with E-state index in [9.17, 15) is 5.21 Å². The first kappa shape index (κ1) is 16.4. The van der Waals surface area contributed by atoms with Crippen molar-refractivity contribution in [2.75, 3.05) is 0 Å². The maximum Gasteiger partial charge on any atom is 0.134 e. The van der Waals surface area contributed by atoms with Gasteiger partial charge < -0.3 is 5.21 Å². The molecule has 24 heavy (non-hydrogen) atoms. The van der Waals surface area contributed by atoms with Crippen LogP contribution in [0.5, 0.6) is 0 Å². The Hall–Kier alpha value is -2.46. The highest BCUT2D eigenvalue weighted by atomic mass is 16.9. The van der Waals surface area contributed by atoms with Gasteiger partial charge >= 0.3 is 0 Å². The summed E-state index contributed by atoms with van der Waals surface area (Å²) >= 11 is 0. The van der Waals surface area contributed by atoms with Crippen molar-refractivity contribution in [1.82, 2.24) is 0 Å². The van der Waals surface area contributed by atoms with Crippen LogP contribution in [0.1, 0.15) is 16.7 Å². The lowest BCUT2D eigenvalue weighted by Crippen LogP contribution is -2.40. The third-order valence-corrected chi connectivity index (χ3v) is 3.84. The summed E-state index contributed by atoms with van der Waals surface area (Å²) in [5.74, 6) is 0. The highest BCUT2D eigenvalue weighted by Crippen LogP contribution is 2.21. The van der Waals surface area contributed by atoms with Gasteiger partial charge in [-0.25, -0.2) is 4.81 Å². The van der Waals surface area contributed by atoms with Crippen molar-refractivity contribution < 1.29 is 9.65 Å². The maximum absolute atomic E-state index is 13.3. The van der Waals surface area contributed by atoms with E-state index in [-0.39, 0.29) is 13.1 Å². The predicted molar refractivity (Wildman–Crippen MR) is 95.2 cm³/mol. The first-order valence-corrected chi connectivity index (χ1v) is 8.08. The summed E-state index contributed by atoms with van der Waals surface area (Å²) in [6.45, 7) is 0.856. The predicted octanol–water partition coefficient (Wildman–Crippen LogP) is 4.83. The van der Waals surface area contributed by atoms with Crippen molar-refractivity contribution in [1.29, 1.82) is 0 Å². The molecule has 0 radical (unpaired) electrons. The number of hydroxylamine groups is 4. The smallest absolute Gasteiger partial charge is 0.134 e. The normalized spacial score (nSPS) is 11.4. The van der Waals surface area contributed by atoms with E-state index in [0.717, 1.165) is 16.7 Å². The van der Waals surface area contributed by atoms with Gasteiger partial charge in [0.1, 0.15) is 19.7 Å². The SMILES string of the molecule is [O-][N+](Cc1ccccc1)(Cc1ccccc1)OCc1ccccc1. The number of rotatable bonds is 7. The fourth-order valence-corrected chi connectivity index (χ4v) is 2.64. The van der Waals surface area contributed by atoms with Gasteiger partial charge in [0.15, 0.2) is 0 Å². The van der Waals surface area contributed by atoms with Gasteiger partial charge in [0, 0.05) is 11.1 Å². The van der Waals surface area contributed by atoms with Crippen LogP contribution in [0.25, 0.3) is 0 Å². The molecular weight excluding hydrogens is 298 g/mol. The Bertz CT molecular complexity index is 688. The van der Waals surface area contributed by atoms with Crippen LogP contribution < -0.4 is 0 Å². The minimum absolute atomic E-state index is 0.280. The highest BCUT2D eigenvalue weighted by molar-refractivity contribution is 5.16. The number of quaternary nitrogens is 1. The Labute approximate surface area is 142 Å². The molecule has 0 N–H and O–H groups in total. The Balaban J connectivity index is 1.76. The zero-order chi connectivity index (χ0) is 16.7. The molecule has 0 aliphatic rings. The van der Waals surface area contributed by atoms with Gasteiger partial charge in [-0.1, -0.05) is 91.0 Å². The van der Waals surface area contributed by atoms with Gasteiger partial charge in [-0.2, -0.15) is 4.84 Å². The molecule has 0 bridgehead atoms. The second-order valence-corrected chi connectivity index (χ2v) is 5.86. The highest BCUT2D eigenvalue weighted by Gasteiger charge is 2.21. The molecule has 0 unspecified atom stereocenters. The molecule has 3 nitrogen and oxygen atoms in total. The average molecular weight is 319 g/mol. The van der Waals surface area contributed by atoms with Crippen molar-refractivity contribution in [3.8, 4) is 0 Å². The lowest BCUT2D eigenvalue weighted by atomic mass is 10.2. The van der Waals surface area contributed by atoms with Crippen LogP contribution in [0.4, 0.5) is 0 Å². The van der Waals surface area contributed by atoms with Crippen molar-refractivity contribution in [3.05, 3.63) is 113 Å². The summed E-state index contributed by atoms with van der Waals surface area (Å²) in [7, 11) is 0. The summed E-state index contributed by atoms with van der Waals surface area (Å²) in [5.41, 5.74) is 2.94. The van der Waals surface area contributed by atoms with Gasteiger partial charge in [-0.05, 0) is 5.56 Å². The van der Waals surface area contributed by atoms with Crippen molar-refractivity contribution in [2.45, 2.75) is 19.7 Å². The molecule has 0 heterocycles. The fraction of sp³-hybridized carbons (Fsp3) is 0.143. The summed E-state index contributed by atoms with van der Waals surface area (Å²) in [4.78, 5) is 5.07. The minimum Gasteiger partial charge on any atom is -0.598 e. The molecule has 0 saturated heterocycles. The zero-order valence-electron chi connectivity index (χ0n) is 13.5.